The SMILES string of the molecule is Cc1ccc(C#N)c(=O)n1C(C)C(=O)OCC(C)C. The normalized spacial score (nSPS) is 12.0. The van der Waals surface area contributed by atoms with Gasteiger partial charge in [0.1, 0.15) is 17.7 Å². The molecule has 5 heteroatoms. The minimum Gasteiger partial charge on any atom is -0.464 e. The van der Waals surface area contributed by atoms with Crippen LogP contribution < -0.4 is 5.56 Å². The summed E-state index contributed by atoms with van der Waals surface area (Å²) in [5.41, 5.74) is 0.184. The molecule has 0 aliphatic carbocycles. The number of nitriles is 1. The van der Waals surface area contributed by atoms with E-state index in [2.05, 4.69) is 0 Å². The molecule has 0 aromatic carbocycles. The lowest BCUT2D eigenvalue weighted by molar-refractivity contribution is -0.148. The number of carbonyl (C=O) groups excluding carboxylic acids is 1. The topological polar surface area (TPSA) is 72.1 Å². The van der Waals surface area contributed by atoms with Crippen molar-refractivity contribution in [2.24, 2.45) is 5.92 Å². The van der Waals surface area contributed by atoms with Crippen LogP contribution in [0.15, 0.2) is 16.9 Å². The molecule has 19 heavy (non-hydrogen) atoms. The maximum atomic E-state index is 12.0. The number of nitrogens with zero attached hydrogens (tertiary/aromatic N) is 2. The van der Waals surface area contributed by atoms with E-state index in [0.717, 1.165) is 0 Å². The van der Waals surface area contributed by atoms with Crippen LogP contribution >= 0.6 is 0 Å². The highest BCUT2D eigenvalue weighted by Gasteiger charge is 2.20. The quantitative estimate of drug-likeness (QED) is 0.775. The molecule has 0 bridgehead atoms. The first-order valence-electron chi connectivity index (χ1n) is 6.17. The third-order valence-corrected chi connectivity index (χ3v) is 2.73. The van der Waals surface area contributed by atoms with Crippen LogP contribution in [0.4, 0.5) is 0 Å². The first-order chi connectivity index (χ1) is 8.88. The van der Waals surface area contributed by atoms with E-state index in [1.807, 2.05) is 19.9 Å². The van der Waals surface area contributed by atoms with Crippen LogP contribution in [-0.2, 0) is 9.53 Å². The Morgan fingerprint density at radius 2 is 2.05 bits per heavy atom. The van der Waals surface area contributed by atoms with Gasteiger partial charge in [0.15, 0.2) is 0 Å². The molecule has 0 saturated carbocycles. The molecular weight excluding hydrogens is 244 g/mol. The number of carbonyl (C=O) groups is 1. The Kier molecular flexibility index (Phi) is 4.87. The Morgan fingerprint density at radius 1 is 1.42 bits per heavy atom. The van der Waals surface area contributed by atoms with E-state index in [0.29, 0.717) is 12.3 Å². The van der Waals surface area contributed by atoms with Crippen molar-refractivity contribution < 1.29 is 9.53 Å². The molecule has 1 unspecified atom stereocenters. The van der Waals surface area contributed by atoms with Crippen LogP contribution in [0.3, 0.4) is 0 Å². The average molecular weight is 262 g/mol. The number of rotatable bonds is 4. The van der Waals surface area contributed by atoms with E-state index < -0.39 is 17.6 Å². The molecule has 5 nitrogen and oxygen atoms in total. The fraction of sp³-hybridized carbons (Fsp3) is 0.500. The average Bonchev–Trinajstić information content (AvgIpc) is 2.36. The highest BCUT2D eigenvalue weighted by atomic mass is 16.5. The number of hydrogen-bond donors (Lipinski definition) is 0. The van der Waals surface area contributed by atoms with Gasteiger partial charge < -0.3 is 4.74 Å². The molecule has 0 saturated heterocycles. The summed E-state index contributed by atoms with van der Waals surface area (Å²) < 4.78 is 6.41. The van der Waals surface area contributed by atoms with Crippen molar-refractivity contribution in [1.29, 1.82) is 5.26 Å². The highest BCUT2D eigenvalue weighted by Crippen LogP contribution is 2.10. The van der Waals surface area contributed by atoms with Crippen LogP contribution in [0.25, 0.3) is 0 Å². The Hall–Kier alpha value is -2.09. The van der Waals surface area contributed by atoms with Gasteiger partial charge in [-0.15, -0.1) is 0 Å². The van der Waals surface area contributed by atoms with Crippen LogP contribution in [0.1, 0.15) is 38.1 Å². The summed E-state index contributed by atoms with van der Waals surface area (Å²) in [7, 11) is 0. The number of ether oxygens (including phenoxy) is 1. The van der Waals surface area contributed by atoms with Gasteiger partial charge in [0, 0.05) is 5.69 Å². The summed E-state index contributed by atoms with van der Waals surface area (Å²) in [5, 5.41) is 8.85. The van der Waals surface area contributed by atoms with Gasteiger partial charge in [-0.1, -0.05) is 13.8 Å². The largest absolute Gasteiger partial charge is 0.464 e. The molecule has 0 radical (unpaired) electrons. The van der Waals surface area contributed by atoms with Gasteiger partial charge in [0.2, 0.25) is 0 Å². The van der Waals surface area contributed by atoms with E-state index >= 15 is 0 Å². The van der Waals surface area contributed by atoms with Crippen molar-refractivity contribution in [2.75, 3.05) is 6.61 Å². The summed E-state index contributed by atoms with van der Waals surface area (Å²) >= 11 is 0. The molecule has 1 rings (SSSR count). The molecule has 0 fully saturated rings. The predicted octanol–water partition coefficient (Wildman–Crippen LogP) is 1.79. The molecule has 0 aliphatic rings. The summed E-state index contributed by atoms with van der Waals surface area (Å²) in [6.45, 7) is 7.50. The molecule has 1 heterocycles. The highest BCUT2D eigenvalue weighted by molar-refractivity contribution is 5.74. The number of esters is 1. The first kappa shape index (κ1) is 15.0. The van der Waals surface area contributed by atoms with E-state index in [9.17, 15) is 9.59 Å². The predicted molar refractivity (Wildman–Crippen MR) is 70.7 cm³/mol. The first-order valence-corrected chi connectivity index (χ1v) is 6.17. The third kappa shape index (κ3) is 3.44. The van der Waals surface area contributed by atoms with Gasteiger partial charge in [-0.25, -0.2) is 4.79 Å². The molecule has 0 spiro atoms. The minimum atomic E-state index is -0.737. The Labute approximate surface area is 112 Å². The smallest absolute Gasteiger partial charge is 0.328 e. The van der Waals surface area contributed by atoms with Crippen LogP contribution in [-0.4, -0.2) is 17.1 Å². The van der Waals surface area contributed by atoms with Gasteiger partial charge in [-0.3, -0.25) is 9.36 Å². The molecule has 102 valence electrons. The van der Waals surface area contributed by atoms with Crippen molar-refractivity contribution in [1.82, 2.24) is 4.57 Å². The van der Waals surface area contributed by atoms with Gasteiger partial charge in [0.05, 0.1) is 6.61 Å². The number of aryl methyl sites for hydroxylation is 1. The number of aromatic nitrogens is 1. The molecule has 0 amide bonds. The number of pyridine rings is 1. The molecule has 0 N–H and O–H groups in total. The van der Waals surface area contributed by atoms with Crippen molar-refractivity contribution in [3.8, 4) is 6.07 Å². The summed E-state index contributed by atoms with van der Waals surface area (Å²) in [5.74, 6) is -0.228. The zero-order valence-electron chi connectivity index (χ0n) is 11.6. The second-order valence-electron chi connectivity index (χ2n) is 4.88. The van der Waals surface area contributed by atoms with E-state index in [1.54, 1.807) is 19.9 Å². The Balaban J connectivity index is 3.06. The maximum Gasteiger partial charge on any atom is 0.328 e. The lowest BCUT2D eigenvalue weighted by Gasteiger charge is -2.17. The fourth-order valence-electron chi connectivity index (χ4n) is 1.69. The van der Waals surface area contributed by atoms with Crippen molar-refractivity contribution in [3.63, 3.8) is 0 Å². The zero-order valence-corrected chi connectivity index (χ0v) is 11.6. The third-order valence-electron chi connectivity index (χ3n) is 2.73. The molecular formula is C14H18N2O3. The van der Waals surface area contributed by atoms with Crippen molar-refractivity contribution in [3.05, 3.63) is 33.7 Å². The van der Waals surface area contributed by atoms with Gasteiger partial charge in [0.25, 0.3) is 5.56 Å². The van der Waals surface area contributed by atoms with Gasteiger partial charge in [-0.05, 0) is 31.9 Å². The standard InChI is InChI=1S/C14H18N2O3/c1-9(2)8-19-14(18)11(4)16-10(3)5-6-12(7-15)13(16)17/h5-6,9,11H,8H2,1-4H3. The van der Waals surface area contributed by atoms with E-state index in [-0.39, 0.29) is 11.5 Å². The summed E-state index contributed by atoms with van der Waals surface area (Å²) in [6, 6.07) is 4.19. The molecule has 1 aromatic heterocycles. The fourth-order valence-corrected chi connectivity index (χ4v) is 1.69. The zero-order chi connectivity index (χ0) is 14.6. The monoisotopic (exact) mass is 262 g/mol. The second kappa shape index (κ2) is 6.19. The van der Waals surface area contributed by atoms with Crippen molar-refractivity contribution in [2.45, 2.75) is 33.7 Å². The van der Waals surface area contributed by atoms with Crippen LogP contribution in [0.2, 0.25) is 0 Å². The Morgan fingerprint density at radius 3 is 2.58 bits per heavy atom. The molecule has 1 aromatic rings. The van der Waals surface area contributed by atoms with E-state index in [4.69, 9.17) is 10.00 Å². The summed E-state index contributed by atoms with van der Waals surface area (Å²) in [6.07, 6.45) is 0. The van der Waals surface area contributed by atoms with E-state index in [1.165, 1.54) is 10.6 Å². The van der Waals surface area contributed by atoms with Crippen LogP contribution in [0.5, 0.6) is 0 Å². The lowest BCUT2D eigenvalue weighted by Crippen LogP contribution is -2.32. The van der Waals surface area contributed by atoms with Gasteiger partial charge >= 0.3 is 5.97 Å². The van der Waals surface area contributed by atoms with Crippen molar-refractivity contribution >= 4 is 5.97 Å². The second-order valence-corrected chi connectivity index (χ2v) is 4.88. The summed E-state index contributed by atoms with van der Waals surface area (Å²) in [4.78, 5) is 23.9. The van der Waals surface area contributed by atoms with Crippen LogP contribution in [0, 0.1) is 24.2 Å². The molecule has 1 atom stereocenters. The lowest BCUT2D eigenvalue weighted by atomic mass is 10.2. The number of hydrogen-bond acceptors (Lipinski definition) is 4. The minimum absolute atomic E-state index is 0.0223. The van der Waals surface area contributed by atoms with Gasteiger partial charge in [-0.2, -0.15) is 5.26 Å². The molecule has 0 aliphatic heterocycles. The maximum absolute atomic E-state index is 12.0. The Bertz CT molecular complexity index is 567.